The van der Waals surface area contributed by atoms with Crippen molar-refractivity contribution in [3.05, 3.63) is 41.6 Å². The smallest absolute Gasteiger partial charge is 0.229 e. The molecule has 116 valence electrons. The van der Waals surface area contributed by atoms with E-state index in [-0.39, 0.29) is 0 Å². The van der Waals surface area contributed by atoms with Crippen LogP contribution in [0.2, 0.25) is 0 Å². The van der Waals surface area contributed by atoms with Gasteiger partial charge in [0.05, 0.1) is 6.10 Å². The summed E-state index contributed by atoms with van der Waals surface area (Å²) < 4.78 is 5.63. The second kappa shape index (κ2) is 6.75. The van der Waals surface area contributed by atoms with Crippen molar-refractivity contribution >= 4 is 17.5 Å². The van der Waals surface area contributed by atoms with Gasteiger partial charge in [0, 0.05) is 30.6 Å². The summed E-state index contributed by atoms with van der Waals surface area (Å²) in [7, 11) is 0. The van der Waals surface area contributed by atoms with Crippen LogP contribution in [0.1, 0.15) is 24.1 Å². The molecule has 0 amide bonds. The number of hydrogen-bond acceptors (Lipinski definition) is 5. The highest BCUT2D eigenvalue weighted by molar-refractivity contribution is 5.59. The number of ether oxygens (including phenoxy) is 1. The summed E-state index contributed by atoms with van der Waals surface area (Å²) in [6.45, 7) is 5.70. The fraction of sp³-hybridized carbons (Fsp3) is 0.412. The van der Waals surface area contributed by atoms with Crippen LogP contribution in [0, 0.1) is 13.8 Å². The van der Waals surface area contributed by atoms with Gasteiger partial charge in [0.2, 0.25) is 5.95 Å². The standard InChI is InChI=1S/C17H22N4O/c1-12-6-3-4-8-15(12)20-17-19-13(2)10-16(21-17)18-11-14-7-5-9-22-14/h3-4,6,8,10,14H,5,7,9,11H2,1-2H3,(H2,18,19,20,21). The molecule has 1 atom stereocenters. The molecule has 1 aliphatic rings. The molecule has 2 aromatic rings. The zero-order valence-electron chi connectivity index (χ0n) is 13.1. The Morgan fingerprint density at radius 1 is 1.23 bits per heavy atom. The van der Waals surface area contributed by atoms with Gasteiger partial charge in [-0.05, 0) is 38.3 Å². The van der Waals surface area contributed by atoms with Crippen LogP contribution < -0.4 is 10.6 Å². The molecule has 0 spiro atoms. The minimum atomic E-state index is 0.294. The van der Waals surface area contributed by atoms with Crippen molar-refractivity contribution < 1.29 is 4.74 Å². The molecule has 0 saturated carbocycles. The van der Waals surface area contributed by atoms with Crippen LogP contribution in [-0.2, 0) is 4.74 Å². The minimum Gasteiger partial charge on any atom is -0.376 e. The summed E-state index contributed by atoms with van der Waals surface area (Å²) in [4.78, 5) is 9.00. The van der Waals surface area contributed by atoms with Crippen LogP contribution >= 0.6 is 0 Å². The third kappa shape index (κ3) is 3.74. The summed E-state index contributed by atoms with van der Waals surface area (Å²) in [6, 6.07) is 10.1. The molecule has 3 rings (SSSR count). The molecule has 5 heteroatoms. The second-order valence-corrected chi connectivity index (χ2v) is 5.67. The Morgan fingerprint density at radius 3 is 2.86 bits per heavy atom. The van der Waals surface area contributed by atoms with E-state index in [0.717, 1.165) is 43.2 Å². The monoisotopic (exact) mass is 298 g/mol. The minimum absolute atomic E-state index is 0.294. The molecule has 1 aliphatic heterocycles. The molecule has 1 aromatic carbocycles. The first-order valence-corrected chi connectivity index (χ1v) is 7.74. The largest absolute Gasteiger partial charge is 0.376 e. The number of aromatic nitrogens is 2. The zero-order valence-corrected chi connectivity index (χ0v) is 13.1. The lowest BCUT2D eigenvalue weighted by molar-refractivity contribution is 0.120. The fourth-order valence-electron chi connectivity index (χ4n) is 2.57. The zero-order chi connectivity index (χ0) is 15.4. The molecular weight excluding hydrogens is 276 g/mol. The normalized spacial score (nSPS) is 17.5. The van der Waals surface area contributed by atoms with Gasteiger partial charge in [-0.1, -0.05) is 18.2 Å². The maximum Gasteiger partial charge on any atom is 0.229 e. The van der Waals surface area contributed by atoms with Gasteiger partial charge in [-0.25, -0.2) is 4.98 Å². The molecule has 1 fully saturated rings. The lowest BCUT2D eigenvalue weighted by atomic mass is 10.2. The molecule has 1 saturated heterocycles. The number of nitrogens with one attached hydrogen (secondary N) is 2. The van der Waals surface area contributed by atoms with E-state index in [2.05, 4.69) is 33.6 Å². The van der Waals surface area contributed by atoms with Crippen LogP contribution in [-0.4, -0.2) is 29.2 Å². The van der Waals surface area contributed by atoms with Gasteiger partial charge in [-0.15, -0.1) is 0 Å². The Morgan fingerprint density at radius 2 is 2.09 bits per heavy atom. The van der Waals surface area contributed by atoms with Crippen molar-refractivity contribution in [1.82, 2.24) is 9.97 Å². The Bertz CT molecular complexity index is 638. The van der Waals surface area contributed by atoms with E-state index in [1.165, 1.54) is 5.56 Å². The van der Waals surface area contributed by atoms with Crippen molar-refractivity contribution in [2.75, 3.05) is 23.8 Å². The van der Waals surface area contributed by atoms with Gasteiger partial charge in [-0.2, -0.15) is 4.98 Å². The maximum absolute atomic E-state index is 5.63. The van der Waals surface area contributed by atoms with Crippen LogP contribution in [0.25, 0.3) is 0 Å². The highest BCUT2D eigenvalue weighted by atomic mass is 16.5. The molecule has 0 aliphatic carbocycles. The number of aryl methyl sites for hydroxylation is 2. The van der Waals surface area contributed by atoms with Crippen molar-refractivity contribution in [3.8, 4) is 0 Å². The van der Waals surface area contributed by atoms with Gasteiger partial charge in [0.25, 0.3) is 0 Å². The van der Waals surface area contributed by atoms with Crippen LogP contribution in [0.5, 0.6) is 0 Å². The topological polar surface area (TPSA) is 59.1 Å². The number of para-hydroxylation sites is 1. The molecule has 0 radical (unpaired) electrons. The lowest BCUT2D eigenvalue weighted by Gasteiger charge is -2.13. The average molecular weight is 298 g/mol. The summed E-state index contributed by atoms with van der Waals surface area (Å²) in [6.07, 6.45) is 2.56. The van der Waals surface area contributed by atoms with Gasteiger partial charge < -0.3 is 15.4 Å². The Labute approximate surface area is 131 Å². The summed E-state index contributed by atoms with van der Waals surface area (Å²) in [5.41, 5.74) is 3.13. The van der Waals surface area contributed by atoms with E-state index in [9.17, 15) is 0 Å². The fourth-order valence-corrected chi connectivity index (χ4v) is 2.57. The van der Waals surface area contributed by atoms with Gasteiger partial charge in [0.1, 0.15) is 5.82 Å². The van der Waals surface area contributed by atoms with E-state index in [4.69, 9.17) is 4.74 Å². The predicted molar refractivity (Wildman–Crippen MR) is 88.7 cm³/mol. The highest BCUT2D eigenvalue weighted by Gasteiger charge is 2.15. The molecule has 0 bridgehead atoms. The van der Waals surface area contributed by atoms with E-state index < -0.39 is 0 Å². The van der Waals surface area contributed by atoms with Crippen LogP contribution in [0.4, 0.5) is 17.5 Å². The predicted octanol–water partition coefficient (Wildman–Crippen LogP) is 3.43. The molecule has 1 unspecified atom stereocenters. The SMILES string of the molecule is Cc1cc(NCC2CCCO2)nc(Nc2ccccc2C)n1. The maximum atomic E-state index is 5.63. The van der Waals surface area contributed by atoms with Crippen molar-refractivity contribution in [2.24, 2.45) is 0 Å². The molecule has 2 heterocycles. The lowest BCUT2D eigenvalue weighted by Crippen LogP contribution is -2.19. The van der Waals surface area contributed by atoms with Gasteiger partial charge >= 0.3 is 0 Å². The van der Waals surface area contributed by atoms with Crippen LogP contribution in [0.3, 0.4) is 0 Å². The first-order valence-electron chi connectivity index (χ1n) is 7.74. The first-order chi connectivity index (χ1) is 10.7. The molecule has 2 N–H and O–H groups in total. The summed E-state index contributed by atoms with van der Waals surface area (Å²) in [5, 5.41) is 6.64. The third-order valence-electron chi connectivity index (χ3n) is 3.78. The van der Waals surface area contributed by atoms with Gasteiger partial charge in [0.15, 0.2) is 0 Å². The van der Waals surface area contributed by atoms with E-state index in [1.54, 1.807) is 0 Å². The molecule has 22 heavy (non-hydrogen) atoms. The first kappa shape index (κ1) is 14.8. The average Bonchev–Trinajstić information content (AvgIpc) is 3.00. The van der Waals surface area contributed by atoms with E-state index >= 15 is 0 Å². The molecule has 1 aromatic heterocycles. The van der Waals surface area contributed by atoms with Crippen molar-refractivity contribution in [3.63, 3.8) is 0 Å². The Hall–Kier alpha value is -2.14. The summed E-state index contributed by atoms with van der Waals surface area (Å²) >= 11 is 0. The van der Waals surface area contributed by atoms with Crippen molar-refractivity contribution in [2.45, 2.75) is 32.8 Å². The molecule has 5 nitrogen and oxygen atoms in total. The quantitative estimate of drug-likeness (QED) is 0.885. The third-order valence-corrected chi connectivity index (χ3v) is 3.78. The Kier molecular flexibility index (Phi) is 4.53. The van der Waals surface area contributed by atoms with E-state index in [0.29, 0.717) is 12.1 Å². The van der Waals surface area contributed by atoms with Gasteiger partial charge in [-0.3, -0.25) is 0 Å². The summed E-state index contributed by atoms with van der Waals surface area (Å²) in [5.74, 6) is 1.45. The van der Waals surface area contributed by atoms with Crippen molar-refractivity contribution in [1.29, 1.82) is 0 Å². The number of rotatable bonds is 5. The number of anilines is 3. The van der Waals surface area contributed by atoms with Crippen LogP contribution in [0.15, 0.2) is 30.3 Å². The second-order valence-electron chi connectivity index (χ2n) is 5.67. The number of hydrogen-bond donors (Lipinski definition) is 2. The number of nitrogens with zero attached hydrogens (tertiary/aromatic N) is 2. The number of benzene rings is 1. The highest BCUT2D eigenvalue weighted by Crippen LogP contribution is 2.19. The van der Waals surface area contributed by atoms with E-state index in [1.807, 2.05) is 31.2 Å². The molecular formula is C17H22N4O. The Balaban J connectivity index is 1.70.